The zero-order valence-corrected chi connectivity index (χ0v) is 14.0. The van der Waals surface area contributed by atoms with E-state index in [1.54, 1.807) is 0 Å². The Morgan fingerprint density at radius 2 is 1.64 bits per heavy atom. The van der Waals surface area contributed by atoms with Crippen LogP contribution in [0, 0.1) is 20.8 Å². The largest absolute Gasteiger partial charge is 0.354 e. The summed E-state index contributed by atoms with van der Waals surface area (Å²) in [6, 6.07) is 8.38. The van der Waals surface area contributed by atoms with Gasteiger partial charge in [0.25, 0.3) is 0 Å². The molecule has 0 bridgehead atoms. The summed E-state index contributed by atoms with van der Waals surface area (Å²) in [5.74, 6) is 1.53. The zero-order valence-electron chi connectivity index (χ0n) is 14.0. The third kappa shape index (κ3) is 5.02. The van der Waals surface area contributed by atoms with E-state index in [9.17, 15) is 0 Å². The lowest BCUT2D eigenvalue weighted by Gasteiger charge is -2.11. The lowest BCUT2D eigenvalue weighted by atomic mass is 10.1. The second-order valence-corrected chi connectivity index (χ2v) is 5.85. The molecule has 0 fully saturated rings. The first-order valence-corrected chi connectivity index (χ1v) is 8.01. The molecule has 4 nitrogen and oxygen atoms in total. The molecule has 118 valence electrons. The lowest BCUT2D eigenvalue weighted by Crippen LogP contribution is -2.07. The van der Waals surface area contributed by atoms with E-state index in [1.165, 1.54) is 24.0 Å². The normalized spacial score (nSPS) is 10.5. The quantitative estimate of drug-likeness (QED) is 0.724. The second kappa shape index (κ2) is 7.78. The molecule has 0 aliphatic heterocycles. The molecule has 2 rings (SSSR count). The van der Waals surface area contributed by atoms with Crippen LogP contribution in [-0.4, -0.2) is 16.5 Å². The zero-order chi connectivity index (χ0) is 15.9. The highest BCUT2D eigenvalue weighted by atomic mass is 15.1. The van der Waals surface area contributed by atoms with Crippen molar-refractivity contribution < 1.29 is 0 Å². The van der Waals surface area contributed by atoms with Crippen molar-refractivity contribution in [3.8, 4) is 0 Å². The van der Waals surface area contributed by atoms with E-state index in [4.69, 9.17) is 0 Å². The molecule has 22 heavy (non-hydrogen) atoms. The highest BCUT2D eigenvalue weighted by Gasteiger charge is 2.03. The molecular formula is C18H26N4. The Balaban J connectivity index is 2.08. The van der Waals surface area contributed by atoms with Crippen molar-refractivity contribution in [3.05, 3.63) is 41.1 Å². The second-order valence-electron chi connectivity index (χ2n) is 5.85. The minimum absolute atomic E-state index is 0.697. The summed E-state index contributed by atoms with van der Waals surface area (Å²) >= 11 is 0. The van der Waals surface area contributed by atoms with Crippen molar-refractivity contribution in [2.75, 3.05) is 17.2 Å². The molecule has 0 atom stereocenters. The summed E-state index contributed by atoms with van der Waals surface area (Å²) in [6.45, 7) is 9.31. The molecule has 4 heteroatoms. The van der Waals surface area contributed by atoms with Crippen LogP contribution >= 0.6 is 0 Å². The molecule has 0 spiro atoms. The highest BCUT2D eigenvalue weighted by Crippen LogP contribution is 2.19. The molecule has 0 radical (unpaired) electrons. The Morgan fingerprint density at radius 3 is 2.32 bits per heavy atom. The fourth-order valence-electron chi connectivity index (χ4n) is 2.48. The molecule has 1 aromatic carbocycles. The van der Waals surface area contributed by atoms with Crippen LogP contribution in [0.4, 0.5) is 17.5 Å². The first-order valence-electron chi connectivity index (χ1n) is 8.01. The number of aryl methyl sites for hydroxylation is 3. The van der Waals surface area contributed by atoms with Crippen LogP contribution in [0.25, 0.3) is 0 Å². The van der Waals surface area contributed by atoms with Crippen LogP contribution in [0.1, 0.15) is 43.0 Å². The molecular weight excluding hydrogens is 272 g/mol. The van der Waals surface area contributed by atoms with Crippen molar-refractivity contribution in [1.29, 1.82) is 0 Å². The Labute approximate surface area is 133 Å². The standard InChI is InChI=1S/C18H26N4/c1-5-6-7-8-19-18-20-15(4)12-17(22-18)21-16-10-13(2)9-14(3)11-16/h9-12H,5-8H2,1-4H3,(H2,19,20,21,22). The van der Waals surface area contributed by atoms with E-state index in [0.29, 0.717) is 5.95 Å². The van der Waals surface area contributed by atoms with Crippen LogP contribution in [0.5, 0.6) is 0 Å². The molecule has 0 amide bonds. The molecule has 0 aliphatic carbocycles. The van der Waals surface area contributed by atoms with Crippen molar-refractivity contribution >= 4 is 17.5 Å². The maximum Gasteiger partial charge on any atom is 0.224 e. The number of nitrogens with zero attached hydrogens (tertiary/aromatic N) is 2. The summed E-state index contributed by atoms with van der Waals surface area (Å²) in [5.41, 5.74) is 4.50. The lowest BCUT2D eigenvalue weighted by molar-refractivity contribution is 0.740. The monoisotopic (exact) mass is 298 g/mol. The molecule has 1 aromatic heterocycles. The van der Waals surface area contributed by atoms with Gasteiger partial charge in [-0.3, -0.25) is 0 Å². The van der Waals surface area contributed by atoms with Gasteiger partial charge in [-0.1, -0.05) is 25.8 Å². The van der Waals surface area contributed by atoms with E-state index < -0.39 is 0 Å². The molecule has 0 aliphatic rings. The fraction of sp³-hybridized carbons (Fsp3) is 0.444. The number of anilines is 3. The maximum absolute atomic E-state index is 4.55. The number of unbranched alkanes of at least 4 members (excludes halogenated alkanes) is 2. The van der Waals surface area contributed by atoms with Crippen molar-refractivity contribution in [2.45, 2.75) is 47.0 Å². The predicted molar refractivity (Wildman–Crippen MR) is 94.0 cm³/mol. The van der Waals surface area contributed by atoms with Gasteiger partial charge in [0.2, 0.25) is 5.95 Å². The van der Waals surface area contributed by atoms with Crippen molar-refractivity contribution in [2.24, 2.45) is 0 Å². The Bertz CT molecular complexity index is 602. The van der Waals surface area contributed by atoms with Crippen LogP contribution in [0.15, 0.2) is 24.3 Å². The van der Waals surface area contributed by atoms with Gasteiger partial charge >= 0.3 is 0 Å². The maximum atomic E-state index is 4.55. The van der Waals surface area contributed by atoms with Gasteiger partial charge in [-0.05, 0) is 50.5 Å². The highest BCUT2D eigenvalue weighted by molar-refractivity contribution is 5.59. The van der Waals surface area contributed by atoms with E-state index in [2.05, 4.69) is 59.6 Å². The van der Waals surface area contributed by atoms with Gasteiger partial charge in [0, 0.05) is 24.0 Å². The molecule has 2 aromatic rings. The first-order chi connectivity index (χ1) is 10.6. The number of rotatable bonds is 7. The third-order valence-corrected chi connectivity index (χ3v) is 3.41. The number of nitrogens with one attached hydrogen (secondary N) is 2. The van der Waals surface area contributed by atoms with Crippen LogP contribution in [-0.2, 0) is 0 Å². The van der Waals surface area contributed by atoms with Crippen molar-refractivity contribution in [1.82, 2.24) is 9.97 Å². The SMILES string of the molecule is CCCCCNc1nc(C)cc(Nc2cc(C)cc(C)c2)n1. The van der Waals surface area contributed by atoms with E-state index in [-0.39, 0.29) is 0 Å². The van der Waals surface area contributed by atoms with E-state index >= 15 is 0 Å². The summed E-state index contributed by atoms with van der Waals surface area (Å²) < 4.78 is 0. The summed E-state index contributed by atoms with van der Waals surface area (Å²) in [7, 11) is 0. The molecule has 1 heterocycles. The minimum Gasteiger partial charge on any atom is -0.354 e. The van der Waals surface area contributed by atoms with Gasteiger partial charge < -0.3 is 10.6 Å². The summed E-state index contributed by atoms with van der Waals surface area (Å²) in [6.07, 6.45) is 3.59. The molecule has 2 N–H and O–H groups in total. The predicted octanol–water partition coefficient (Wildman–Crippen LogP) is 4.75. The first kappa shape index (κ1) is 16.3. The third-order valence-electron chi connectivity index (χ3n) is 3.41. The van der Waals surface area contributed by atoms with Gasteiger partial charge in [0.15, 0.2) is 0 Å². The topological polar surface area (TPSA) is 49.8 Å². The number of hydrogen-bond donors (Lipinski definition) is 2. The fourth-order valence-corrected chi connectivity index (χ4v) is 2.48. The summed E-state index contributed by atoms with van der Waals surface area (Å²) in [5, 5.41) is 6.68. The van der Waals surface area contributed by atoms with Crippen LogP contribution < -0.4 is 10.6 Å². The summed E-state index contributed by atoms with van der Waals surface area (Å²) in [4.78, 5) is 9.00. The number of benzene rings is 1. The molecule has 0 saturated heterocycles. The Morgan fingerprint density at radius 1 is 0.909 bits per heavy atom. The number of aromatic nitrogens is 2. The van der Waals surface area contributed by atoms with Crippen LogP contribution in [0.3, 0.4) is 0 Å². The van der Waals surface area contributed by atoms with Gasteiger partial charge in [-0.2, -0.15) is 4.98 Å². The van der Waals surface area contributed by atoms with Crippen LogP contribution in [0.2, 0.25) is 0 Å². The molecule has 0 saturated carbocycles. The molecule has 0 unspecified atom stereocenters. The van der Waals surface area contributed by atoms with Gasteiger partial charge in [-0.25, -0.2) is 4.98 Å². The van der Waals surface area contributed by atoms with E-state index in [1.807, 2.05) is 13.0 Å². The number of hydrogen-bond acceptors (Lipinski definition) is 4. The average molecular weight is 298 g/mol. The average Bonchev–Trinajstić information content (AvgIpc) is 2.42. The van der Waals surface area contributed by atoms with Gasteiger partial charge in [-0.15, -0.1) is 0 Å². The van der Waals surface area contributed by atoms with Gasteiger partial charge in [0.05, 0.1) is 0 Å². The van der Waals surface area contributed by atoms with Gasteiger partial charge in [0.1, 0.15) is 5.82 Å². The van der Waals surface area contributed by atoms with E-state index in [0.717, 1.165) is 30.2 Å². The Hall–Kier alpha value is -2.10. The minimum atomic E-state index is 0.697. The Kier molecular flexibility index (Phi) is 5.75. The van der Waals surface area contributed by atoms with Crippen molar-refractivity contribution in [3.63, 3.8) is 0 Å². The smallest absolute Gasteiger partial charge is 0.224 e.